The molecule has 0 amide bonds. The number of hydrogen-bond donors (Lipinski definition) is 0. The lowest BCUT2D eigenvalue weighted by Crippen LogP contribution is -2.11. The molecule has 0 N–H and O–H groups in total. The van der Waals surface area contributed by atoms with Gasteiger partial charge in [0.2, 0.25) is 0 Å². The number of aromatic nitrogens is 4. The van der Waals surface area contributed by atoms with Crippen LogP contribution in [-0.4, -0.2) is 19.1 Å². The van der Waals surface area contributed by atoms with E-state index in [0.717, 1.165) is 44.9 Å². The molecule has 48 heavy (non-hydrogen) atoms. The summed E-state index contributed by atoms with van der Waals surface area (Å²) < 4.78 is 4.71. The minimum atomic E-state index is 0.0417. The van der Waals surface area contributed by atoms with E-state index in [4.69, 9.17) is 9.97 Å². The van der Waals surface area contributed by atoms with Crippen LogP contribution in [0.3, 0.4) is 0 Å². The molecule has 4 heterocycles. The highest BCUT2D eigenvalue weighted by Crippen LogP contribution is 2.38. The van der Waals surface area contributed by atoms with E-state index in [-0.39, 0.29) is 5.41 Å². The zero-order valence-corrected chi connectivity index (χ0v) is 27.2. The maximum Gasteiger partial charge on any atom is 0.138 e. The number of rotatable bonds is 4. The van der Waals surface area contributed by atoms with Gasteiger partial charge >= 0.3 is 0 Å². The van der Waals surface area contributed by atoms with Crippen molar-refractivity contribution in [1.82, 2.24) is 19.1 Å². The molecule has 5 aromatic carbocycles. The number of pyridine rings is 2. The number of hydrogen-bond acceptors (Lipinski definition) is 2. The van der Waals surface area contributed by atoms with Crippen LogP contribution in [0.5, 0.6) is 0 Å². The van der Waals surface area contributed by atoms with Crippen molar-refractivity contribution in [3.63, 3.8) is 0 Å². The van der Waals surface area contributed by atoms with Crippen LogP contribution in [0.1, 0.15) is 26.3 Å². The zero-order chi connectivity index (χ0) is 32.4. The molecule has 0 aliphatic carbocycles. The fraction of sp³-hybridized carbons (Fsp3) is 0.0909. The minimum absolute atomic E-state index is 0.0417. The topological polar surface area (TPSA) is 35.6 Å². The molecule has 0 aliphatic rings. The Kier molecular flexibility index (Phi) is 6.34. The van der Waals surface area contributed by atoms with Gasteiger partial charge in [0, 0.05) is 45.2 Å². The number of benzene rings is 5. The summed E-state index contributed by atoms with van der Waals surface area (Å²) in [5.74, 6) is 0.897. The Morgan fingerprint density at radius 1 is 0.438 bits per heavy atom. The highest BCUT2D eigenvalue weighted by atomic mass is 15.1. The summed E-state index contributed by atoms with van der Waals surface area (Å²) in [7, 11) is 0. The molecule has 0 aliphatic heterocycles. The Hall–Kier alpha value is -6.00. The zero-order valence-electron chi connectivity index (χ0n) is 27.2. The Balaban J connectivity index is 1.29. The molecule has 4 heteroatoms. The summed E-state index contributed by atoms with van der Waals surface area (Å²) in [5.41, 5.74) is 11.4. The predicted octanol–water partition coefficient (Wildman–Crippen LogP) is 11.3. The van der Waals surface area contributed by atoms with Crippen LogP contribution in [0.2, 0.25) is 0 Å². The van der Waals surface area contributed by atoms with Gasteiger partial charge in [0.25, 0.3) is 0 Å². The molecule has 9 rings (SSSR count). The lowest BCUT2D eigenvalue weighted by molar-refractivity contribution is 0.589. The van der Waals surface area contributed by atoms with Crippen molar-refractivity contribution in [2.24, 2.45) is 0 Å². The second-order valence-corrected chi connectivity index (χ2v) is 13.6. The third-order valence-corrected chi connectivity index (χ3v) is 9.59. The molecule has 0 fully saturated rings. The first-order chi connectivity index (χ1) is 23.4. The van der Waals surface area contributed by atoms with Crippen molar-refractivity contribution in [2.45, 2.75) is 26.2 Å². The highest BCUT2D eigenvalue weighted by molar-refractivity contribution is 6.12. The van der Waals surface area contributed by atoms with Gasteiger partial charge in [0.1, 0.15) is 5.82 Å². The number of fused-ring (bicyclic) bond motifs is 6. The van der Waals surface area contributed by atoms with Crippen molar-refractivity contribution < 1.29 is 0 Å². The smallest absolute Gasteiger partial charge is 0.138 e. The summed E-state index contributed by atoms with van der Waals surface area (Å²) >= 11 is 0. The molecule has 0 saturated carbocycles. The molecule has 0 saturated heterocycles. The second-order valence-electron chi connectivity index (χ2n) is 13.6. The van der Waals surface area contributed by atoms with Gasteiger partial charge in [0.15, 0.2) is 0 Å². The molecule has 0 radical (unpaired) electrons. The first kappa shape index (κ1) is 28.2. The van der Waals surface area contributed by atoms with Gasteiger partial charge in [-0.05, 0) is 76.7 Å². The van der Waals surface area contributed by atoms with Gasteiger partial charge in [-0.3, -0.25) is 9.55 Å². The molecular formula is C44H34N4. The van der Waals surface area contributed by atoms with E-state index >= 15 is 0 Å². The molecule has 0 spiro atoms. The summed E-state index contributed by atoms with van der Waals surface area (Å²) in [5, 5.41) is 4.86. The molecule has 230 valence electrons. The summed E-state index contributed by atoms with van der Waals surface area (Å²) in [6.07, 6.45) is 3.85. The lowest BCUT2D eigenvalue weighted by Gasteiger charge is -2.19. The van der Waals surface area contributed by atoms with Gasteiger partial charge in [-0.1, -0.05) is 106 Å². The minimum Gasteiger partial charge on any atom is -0.309 e. The van der Waals surface area contributed by atoms with Gasteiger partial charge in [0.05, 0.1) is 27.8 Å². The largest absolute Gasteiger partial charge is 0.309 e. The summed E-state index contributed by atoms with van der Waals surface area (Å²) in [4.78, 5) is 9.72. The molecule has 4 nitrogen and oxygen atoms in total. The van der Waals surface area contributed by atoms with Gasteiger partial charge in [-0.2, -0.15) is 0 Å². The van der Waals surface area contributed by atoms with Crippen molar-refractivity contribution in [2.75, 3.05) is 0 Å². The first-order valence-corrected chi connectivity index (χ1v) is 16.5. The average Bonchev–Trinajstić information content (AvgIpc) is 3.64. The molecule has 4 aromatic heterocycles. The Bertz CT molecular complexity index is 2650. The Morgan fingerprint density at radius 3 is 1.81 bits per heavy atom. The van der Waals surface area contributed by atoms with Crippen molar-refractivity contribution in [3.8, 4) is 33.9 Å². The van der Waals surface area contributed by atoms with E-state index in [1.165, 1.54) is 38.2 Å². The first-order valence-electron chi connectivity index (χ1n) is 16.5. The predicted molar refractivity (Wildman–Crippen MR) is 200 cm³/mol. The van der Waals surface area contributed by atoms with Crippen LogP contribution in [-0.2, 0) is 5.41 Å². The van der Waals surface area contributed by atoms with Crippen LogP contribution in [0.25, 0.3) is 77.5 Å². The Morgan fingerprint density at radius 2 is 1.06 bits per heavy atom. The van der Waals surface area contributed by atoms with E-state index in [1.807, 2.05) is 12.4 Å². The van der Waals surface area contributed by atoms with Gasteiger partial charge in [-0.15, -0.1) is 0 Å². The van der Waals surface area contributed by atoms with Crippen LogP contribution >= 0.6 is 0 Å². The fourth-order valence-electron chi connectivity index (χ4n) is 7.16. The molecule has 0 unspecified atom stereocenters. The second kappa shape index (κ2) is 10.8. The van der Waals surface area contributed by atoms with E-state index in [9.17, 15) is 0 Å². The standard InChI is InChI=1S/C44H34N4/c1-44(2,3)32-22-24-45-38(27-32)31-17-19-36-34-13-7-9-15-39(34)47(41(36)25-31)33-18-20-37-35-14-8-10-16-40(35)48(42(37)28-33)43-26-30(21-23-46-43)29-11-5-4-6-12-29/h4-28H,1-3H3. The highest BCUT2D eigenvalue weighted by Gasteiger charge is 2.19. The fourth-order valence-corrected chi connectivity index (χ4v) is 7.16. The van der Waals surface area contributed by atoms with Crippen molar-refractivity contribution >= 4 is 43.6 Å². The van der Waals surface area contributed by atoms with Crippen molar-refractivity contribution in [3.05, 3.63) is 157 Å². The van der Waals surface area contributed by atoms with Crippen LogP contribution in [0.15, 0.2) is 152 Å². The van der Waals surface area contributed by atoms with Gasteiger partial charge < -0.3 is 4.57 Å². The number of nitrogens with zero attached hydrogens (tertiary/aromatic N) is 4. The quantitative estimate of drug-likeness (QED) is 0.197. The van der Waals surface area contributed by atoms with Crippen LogP contribution in [0, 0.1) is 0 Å². The van der Waals surface area contributed by atoms with E-state index in [1.54, 1.807) is 0 Å². The van der Waals surface area contributed by atoms with E-state index in [2.05, 4.69) is 169 Å². The third kappa shape index (κ3) is 4.52. The van der Waals surface area contributed by atoms with Crippen LogP contribution < -0.4 is 0 Å². The maximum atomic E-state index is 4.92. The molecule has 9 aromatic rings. The summed E-state index contributed by atoms with van der Waals surface area (Å²) in [6.45, 7) is 6.74. The summed E-state index contributed by atoms with van der Waals surface area (Å²) in [6, 6.07) is 50.1. The average molecular weight is 619 g/mol. The Labute approximate surface area is 279 Å². The van der Waals surface area contributed by atoms with Gasteiger partial charge in [-0.25, -0.2) is 4.98 Å². The normalized spacial score (nSPS) is 12.1. The molecule has 0 bridgehead atoms. The maximum absolute atomic E-state index is 4.92. The molecular weight excluding hydrogens is 585 g/mol. The number of para-hydroxylation sites is 2. The van der Waals surface area contributed by atoms with Crippen molar-refractivity contribution in [1.29, 1.82) is 0 Å². The molecule has 0 atom stereocenters. The SMILES string of the molecule is CC(C)(C)c1ccnc(-c2ccc3c4ccccc4n(-c4ccc5c6ccccc6n(-c6cc(-c7ccccc7)ccn6)c5c4)c3c2)c1. The van der Waals surface area contributed by atoms with E-state index in [0.29, 0.717) is 0 Å². The third-order valence-electron chi connectivity index (χ3n) is 9.59. The monoisotopic (exact) mass is 618 g/mol. The lowest BCUT2D eigenvalue weighted by atomic mass is 9.87. The van der Waals surface area contributed by atoms with E-state index < -0.39 is 0 Å². The van der Waals surface area contributed by atoms with Crippen LogP contribution in [0.4, 0.5) is 0 Å².